The van der Waals surface area contributed by atoms with Crippen LogP contribution in [0, 0.1) is 6.92 Å². The fourth-order valence-corrected chi connectivity index (χ4v) is 4.79. The topological polar surface area (TPSA) is 89.3 Å². The van der Waals surface area contributed by atoms with E-state index in [2.05, 4.69) is 16.4 Å². The largest absolute Gasteiger partial charge is 0.441 e. The maximum Gasteiger partial charge on any atom is 0.235 e. The van der Waals surface area contributed by atoms with Gasteiger partial charge in [0.2, 0.25) is 11.8 Å². The van der Waals surface area contributed by atoms with Crippen molar-refractivity contribution in [2.75, 3.05) is 12.3 Å². The SMILES string of the molecule is Cc1oc(-c2cccc(Cl)c2)nc1CS(=O)(=O)CC(=O)NCCC1=CCCCC1. The van der Waals surface area contributed by atoms with Crippen LogP contribution in [0.5, 0.6) is 0 Å². The van der Waals surface area contributed by atoms with Gasteiger partial charge in [-0.3, -0.25) is 4.79 Å². The Kier molecular flexibility index (Phi) is 7.14. The smallest absolute Gasteiger partial charge is 0.235 e. The van der Waals surface area contributed by atoms with Gasteiger partial charge in [-0.1, -0.05) is 29.3 Å². The van der Waals surface area contributed by atoms with E-state index in [1.54, 1.807) is 31.2 Å². The van der Waals surface area contributed by atoms with E-state index in [1.165, 1.54) is 18.4 Å². The van der Waals surface area contributed by atoms with Gasteiger partial charge in [-0.05, 0) is 57.2 Å². The van der Waals surface area contributed by atoms with Crippen molar-refractivity contribution in [1.29, 1.82) is 0 Å². The number of hydrogen-bond acceptors (Lipinski definition) is 5. The third-order valence-electron chi connectivity index (χ3n) is 4.83. The molecule has 0 saturated carbocycles. The molecule has 0 radical (unpaired) electrons. The number of oxazole rings is 1. The molecule has 0 aliphatic heterocycles. The third kappa shape index (κ3) is 6.44. The molecule has 0 spiro atoms. The maximum atomic E-state index is 12.5. The fraction of sp³-hybridized carbons (Fsp3) is 0.429. The third-order valence-corrected chi connectivity index (χ3v) is 6.48. The van der Waals surface area contributed by atoms with Gasteiger partial charge in [0, 0.05) is 17.1 Å². The van der Waals surface area contributed by atoms with E-state index in [0.717, 1.165) is 19.3 Å². The highest BCUT2D eigenvalue weighted by atomic mass is 35.5. The molecule has 1 amide bonds. The Labute approximate surface area is 176 Å². The highest BCUT2D eigenvalue weighted by Gasteiger charge is 2.22. The lowest BCUT2D eigenvalue weighted by Crippen LogP contribution is -2.31. The molecular formula is C21H25ClN2O4S. The van der Waals surface area contributed by atoms with Gasteiger partial charge < -0.3 is 9.73 Å². The van der Waals surface area contributed by atoms with Crippen molar-refractivity contribution in [1.82, 2.24) is 10.3 Å². The van der Waals surface area contributed by atoms with Gasteiger partial charge >= 0.3 is 0 Å². The van der Waals surface area contributed by atoms with E-state index in [1.807, 2.05) is 0 Å². The standard InChI is InChI=1S/C21H25ClN2O4S/c1-15-19(24-21(28-15)17-8-5-9-18(22)12-17)13-29(26,27)14-20(25)23-11-10-16-6-3-2-4-7-16/h5-6,8-9,12H,2-4,7,10-11,13-14H2,1H3,(H,23,25). The summed E-state index contributed by atoms with van der Waals surface area (Å²) in [6.07, 6.45) is 7.55. The average Bonchev–Trinajstić information content (AvgIpc) is 3.02. The van der Waals surface area contributed by atoms with E-state index in [9.17, 15) is 13.2 Å². The minimum Gasteiger partial charge on any atom is -0.441 e. The van der Waals surface area contributed by atoms with Crippen LogP contribution in [0.4, 0.5) is 0 Å². The molecule has 1 aliphatic rings. The first-order valence-electron chi connectivity index (χ1n) is 9.70. The van der Waals surface area contributed by atoms with E-state index in [0.29, 0.717) is 34.5 Å². The van der Waals surface area contributed by atoms with Crippen molar-refractivity contribution < 1.29 is 17.6 Å². The number of sulfone groups is 1. The number of amides is 1. The van der Waals surface area contributed by atoms with Crippen molar-refractivity contribution in [2.45, 2.75) is 44.8 Å². The summed E-state index contributed by atoms with van der Waals surface area (Å²) in [6.45, 7) is 2.12. The van der Waals surface area contributed by atoms with Crippen LogP contribution in [-0.4, -0.2) is 31.6 Å². The maximum absolute atomic E-state index is 12.5. The molecule has 156 valence electrons. The molecule has 3 rings (SSSR count). The van der Waals surface area contributed by atoms with Crippen LogP contribution in [0.3, 0.4) is 0 Å². The first-order chi connectivity index (χ1) is 13.8. The highest BCUT2D eigenvalue weighted by Crippen LogP contribution is 2.25. The van der Waals surface area contributed by atoms with Crippen LogP contribution in [0.15, 0.2) is 40.3 Å². The quantitative estimate of drug-likeness (QED) is 0.625. The number of rotatable bonds is 8. The van der Waals surface area contributed by atoms with Crippen molar-refractivity contribution in [3.63, 3.8) is 0 Å². The summed E-state index contributed by atoms with van der Waals surface area (Å²) in [5, 5.41) is 3.24. The molecule has 1 N–H and O–H groups in total. The number of halogens is 1. The Morgan fingerprint density at radius 2 is 2.14 bits per heavy atom. The second-order valence-electron chi connectivity index (χ2n) is 7.27. The second-order valence-corrected chi connectivity index (χ2v) is 9.77. The van der Waals surface area contributed by atoms with Gasteiger partial charge in [0.25, 0.3) is 0 Å². The zero-order valence-corrected chi connectivity index (χ0v) is 18.0. The van der Waals surface area contributed by atoms with E-state index >= 15 is 0 Å². The Balaban J connectivity index is 1.56. The summed E-state index contributed by atoms with van der Waals surface area (Å²) < 4.78 is 30.5. The predicted molar refractivity (Wildman–Crippen MR) is 113 cm³/mol. The van der Waals surface area contributed by atoms with Gasteiger partial charge in [-0.25, -0.2) is 13.4 Å². The number of nitrogens with one attached hydrogen (secondary N) is 1. The van der Waals surface area contributed by atoms with Gasteiger partial charge in [0.15, 0.2) is 9.84 Å². The van der Waals surface area contributed by atoms with Crippen LogP contribution in [0.1, 0.15) is 43.6 Å². The van der Waals surface area contributed by atoms with Gasteiger partial charge in [-0.2, -0.15) is 0 Å². The number of carbonyl (C=O) groups is 1. The summed E-state index contributed by atoms with van der Waals surface area (Å²) in [6, 6.07) is 6.97. The monoisotopic (exact) mass is 436 g/mol. The average molecular weight is 437 g/mol. The Morgan fingerprint density at radius 1 is 1.31 bits per heavy atom. The fourth-order valence-electron chi connectivity index (χ4n) is 3.31. The first-order valence-corrected chi connectivity index (χ1v) is 11.9. The lowest BCUT2D eigenvalue weighted by molar-refractivity contribution is -0.118. The van der Waals surface area contributed by atoms with Crippen molar-refractivity contribution in [3.8, 4) is 11.5 Å². The molecule has 0 saturated heterocycles. The summed E-state index contributed by atoms with van der Waals surface area (Å²) in [5.41, 5.74) is 2.31. The summed E-state index contributed by atoms with van der Waals surface area (Å²) in [5.74, 6) is -0.682. The molecule has 0 bridgehead atoms. The Bertz CT molecular complexity index is 1010. The molecule has 8 heteroatoms. The van der Waals surface area contributed by atoms with Gasteiger partial charge in [0.05, 0.1) is 11.4 Å². The second kappa shape index (κ2) is 9.59. The van der Waals surface area contributed by atoms with E-state index in [-0.39, 0.29) is 5.75 Å². The Morgan fingerprint density at radius 3 is 2.86 bits per heavy atom. The summed E-state index contributed by atoms with van der Waals surface area (Å²) in [4.78, 5) is 16.4. The molecule has 1 heterocycles. The predicted octanol–water partition coefficient (Wildman–Crippen LogP) is 4.22. The first kappa shape index (κ1) is 21.6. The molecule has 2 aromatic rings. The van der Waals surface area contributed by atoms with Crippen molar-refractivity contribution >= 4 is 27.3 Å². The Hall–Kier alpha value is -2.12. The number of benzene rings is 1. The van der Waals surface area contributed by atoms with Crippen LogP contribution >= 0.6 is 11.6 Å². The molecule has 6 nitrogen and oxygen atoms in total. The molecule has 1 aromatic carbocycles. The van der Waals surface area contributed by atoms with E-state index in [4.69, 9.17) is 16.0 Å². The molecule has 0 atom stereocenters. The van der Waals surface area contributed by atoms with Crippen molar-refractivity contribution in [2.24, 2.45) is 0 Å². The minimum absolute atomic E-state index is 0.306. The van der Waals surface area contributed by atoms with Crippen LogP contribution in [0.2, 0.25) is 5.02 Å². The van der Waals surface area contributed by atoms with Crippen LogP contribution < -0.4 is 5.32 Å². The summed E-state index contributed by atoms with van der Waals surface area (Å²) >= 11 is 5.98. The number of carbonyl (C=O) groups excluding carboxylic acids is 1. The molecule has 29 heavy (non-hydrogen) atoms. The number of aryl methyl sites for hydroxylation is 1. The lowest BCUT2D eigenvalue weighted by Gasteiger charge is -2.12. The minimum atomic E-state index is -3.66. The molecule has 1 aliphatic carbocycles. The molecule has 0 unspecified atom stereocenters. The zero-order valence-electron chi connectivity index (χ0n) is 16.4. The molecular weight excluding hydrogens is 412 g/mol. The molecule has 1 aromatic heterocycles. The normalized spacial score (nSPS) is 14.5. The number of aromatic nitrogens is 1. The lowest BCUT2D eigenvalue weighted by atomic mass is 9.97. The van der Waals surface area contributed by atoms with Crippen LogP contribution in [-0.2, 0) is 20.4 Å². The van der Waals surface area contributed by atoms with E-state index < -0.39 is 21.5 Å². The van der Waals surface area contributed by atoms with Crippen molar-refractivity contribution in [3.05, 3.63) is 52.4 Å². The van der Waals surface area contributed by atoms with Crippen LogP contribution in [0.25, 0.3) is 11.5 Å². The highest BCUT2D eigenvalue weighted by molar-refractivity contribution is 7.91. The van der Waals surface area contributed by atoms with Gasteiger partial charge in [-0.15, -0.1) is 0 Å². The number of hydrogen-bond donors (Lipinski definition) is 1. The molecule has 0 fully saturated rings. The number of allylic oxidation sites excluding steroid dienone is 1. The van der Waals surface area contributed by atoms with Gasteiger partial charge in [0.1, 0.15) is 11.5 Å². The summed E-state index contributed by atoms with van der Waals surface area (Å²) in [7, 11) is -3.66. The zero-order chi connectivity index (χ0) is 20.9. The number of nitrogens with zero attached hydrogens (tertiary/aromatic N) is 1.